The van der Waals surface area contributed by atoms with Crippen LogP contribution in [0.4, 0.5) is 0 Å². The molecule has 1 aromatic carbocycles. The van der Waals surface area contributed by atoms with E-state index in [-0.39, 0.29) is 0 Å². The van der Waals surface area contributed by atoms with Crippen LogP contribution in [0.25, 0.3) is 0 Å². The molecule has 3 nitrogen and oxygen atoms in total. The molecule has 0 saturated carbocycles. The first kappa shape index (κ1) is 11.9. The number of benzene rings is 1. The van der Waals surface area contributed by atoms with Gasteiger partial charge in [-0.3, -0.25) is 4.79 Å². The molecule has 1 aromatic rings. The third-order valence-corrected chi connectivity index (χ3v) is 4.36. The molecule has 2 atom stereocenters. The van der Waals surface area contributed by atoms with E-state index in [1.54, 1.807) is 4.90 Å². The van der Waals surface area contributed by atoms with Gasteiger partial charge in [-0.2, -0.15) is 0 Å². The summed E-state index contributed by atoms with van der Waals surface area (Å²) in [5.41, 5.74) is 1.39. The van der Waals surface area contributed by atoms with E-state index in [1.807, 2.05) is 0 Å². The van der Waals surface area contributed by atoms with Gasteiger partial charge in [-0.25, -0.2) is 0 Å². The van der Waals surface area contributed by atoms with Crippen molar-refractivity contribution in [3.63, 3.8) is 0 Å². The lowest BCUT2D eigenvalue weighted by Gasteiger charge is -2.39. The molecule has 0 radical (unpaired) electrons. The summed E-state index contributed by atoms with van der Waals surface area (Å²) in [6.07, 6.45) is 0. The summed E-state index contributed by atoms with van der Waals surface area (Å²) in [7, 11) is 2.22. The van der Waals surface area contributed by atoms with Crippen LogP contribution < -0.4 is 9.80 Å². The van der Waals surface area contributed by atoms with E-state index in [2.05, 4.69) is 37.4 Å². The van der Waals surface area contributed by atoms with Crippen LogP contribution in [0.5, 0.6) is 0 Å². The van der Waals surface area contributed by atoms with Crippen LogP contribution in [0.2, 0.25) is 0 Å². The predicted octanol–water partition coefficient (Wildman–Crippen LogP) is -1.59. The van der Waals surface area contributed by atoms with Crippen LogP contribution in [0.1, 0.15) is 5.56 Å². The van der Waals surface area contributed by atoms with Crippen molar-refractivity contribution < 1.29 is 14.6 Å². The Kier molecular flexibility index (Phi) is 3.18. The Morgan fingerprint density at radius 3 is 2.28 bits per heavy atom. The summed E-state index contributed by atoms with van der Waals surface area (Å²) in [6.45, 7) is 5.20. The summed E-state index contributed by atoms with van der Waals surface area (Å²) in [5, 5.41) is 0. The Hall–Kier alpha value is -1.19. The lowest BCUT2D eigenvalue weighted by molar-refractivity contribution is -0.952. The van der Waals surface area contributed by atoms with E-state index < -0.39 is 0 Å². The molecule has 2 fully saturated rings. The first-order valence-electron chi connectivity index (χ1n) is 6.95. The van der Waals surface area contributed by atoms with Crippen molar-refractivity contribution in [2.75, 3.05) is 33.2 Å². The summed E-state index contributed by atoms with van der Waals surface area (Å²) in [6, 6.07) is 10.6. The quantitative estimate of drug-likeness (QED) is 0.647. The van der Waals surface area contributed by atoms with Gasteiger partial charge >= 0.3 is 0 Å². The molecule has 96 valence electrons. The molecule has 2 aliphatic heterocycles. The lowest BCUT2D eigenvalue weighted by Crippen LogP contribution is -3.20. The molecule has 0 aromatic heterocycles. The number of carbonyl (C=O) groups excluding carboxylic acids is 1. The minimum absolute atomic E-state index is 0.302. The molecular formula is C15H22N2O+2. The SMILES string of the molecule is C[NH+]1C[C@H]2C[NH+](Cc3ccccc3)C[C@H](C1)C2=O. The molecule has 3 rings (SSSR count). The minimum atomic E-state index is 0.302. The van der Waals surface area contributed by atoms with Crippen LogP contribution in [0, 0.1) is 11.8 Å². The van der Waals surface area contributed by atoms with Crippen LogP contribution in [-0.4, -0.2) is 39.0 Å². The second kappa shape index (κ2) is 4.82. The number of piperidine rings is 2. The number of hydrogen-bond acceptors (Lipinski definition) is 1. The Bertz CT molecular complexity index is 413. The Morgan fingerprint density at radius 1 is 1.06 bits per heavy atom. The maximum absolute atomic E-state index is 12.1. The summed E-state index contributed by atoms with van der Waals surface area (Å²) >= 11 is 0. The average molecular weight is 246 g/mol. The Morgan fingerprint density at radius 2 is 1.67 bits per heavy atom. The lowest BCUT2D eigenvalue weighted by atomic mass is 9.83. The number of hydrogen-bond donors (Lipinski definition) is 2. The van der Waals surface area contributed by atoms with Crippen molar-refractivity contribution in [1.29, 1.82) is 0 Å². The molecule has 2 heterocycles. The van der Waals surface area contributed by atoms with Gasteiger partial charge in [0.05, 0.1) is 33.2 Å². The summed E-state index contributed by atoms with van der Waals surface area (Å²) in [4.78, 5) is 15.2. The normalized spacial score (nSPS) is 35.5. The first-order chi connectivity index (χ1) is 8.72. The number of carbonyl (C=O) groups is 1. The third-order valence-electron chi connectivity index (χ3n) is 4.36. The largest absolute Gasteiger partial charge is 0.336 e. The number of Topliss-reactive ketones (excluding diaryl/α,β-unsaturated/α-hetero) is 1. The molecule has 0 spiro atoms. The number of quaternary nitrogens is 2. The molecule has 2 saturated heterocycles. The van der Waals surface area contributed by atoms with Crippen LogP contribution in [0.3, 0.4) is 0 Å². The topological polar surface area (TPSA) is 26.0 Å². The van der Waals surface area contributed by atoms with E-state index in [9.17, 15) is 4.79 Å². The highest BCUT2D eigenvalue weighted by Crippen LogP contribution is 2.11. The molecule has 2 N–H and O–H groups in total. The van der Waals surface area contributed by atoms with Gasteiger partial charge in [0.1, 0.15) is 18.4 Å². The van der Waals surface area contributed by atoms with Gasteiger partial charge in [-0.1, -0.05) is 30.3 Å². The van der Waals surface area contributed by atoms with Gasteiger partial charge in [0.2, 0.25) is 0 Å². The van der Waals surface area contributed by atoms with E-state index in [0.717, 1.165) is 32.7 Å². The van der Waals surface area contributed by atoms with E-state index in [1.165, 1.54) is 10.5 Å². The maximum Gasteiger partial charge on any atom is 0.161 e. The molecule has 2 bridgehead atoms. The second-order valence-electron chi connectivity index (χ2n) is 5.98. The fourth-order valence-electron chi connectivity index (χ4n) is 3.61. The molecule has 2 aliphatic rings. The number of ketones is 1. The van der Waals surface area contributed by atoms with Gasteiger partial charge in [0.25, 0.3) is 0 Å². The van der Waals surface area contributed by atoms with Crippen molar-refractivity contribution in [1.82, 2.24) is 0 Å². The molecule has 18 heavy (non-hydrogen) atoms. The van der Waals surface area contributed by atoms with E-state index >= 15 is 0 Å². The molecular weight excluding hydrogens is 224 g/mol. The number of fused-ring (bicyclic) bond motifs is 2. The second-order valence-corrected chi connectivity index (χ2v) is 5.98. The van der Waals surface area contributed by atoms with Crippen LogP contribution in [0.15, 0.2) is 30.3 Å². The predicted molar refractivity (Wildman–Crippen MR) is 69.5 cm³/mol. The molecule has 0 unspecified atom stereocenters. The van der Waals surface area contributed by atoms with Crippen molar-refractivity contribution >= 4 is 5.78 Å². The Labute approximate surface area is 108 Å². The zero-order chi connectivity index (χ0) is 12.5. The van der Waals surface area contributed by atoms with Crippen molar-refractivity contribution in [3.8, 4) is 0 Å². The standard InChI is InChI=1S/C15H20N2O/c1-16-8-13-10-17(11-14(9-16)15(13)18)7-12-5-3-2-4-6-12/h2-6,13-14H,7-11H2,1H3/p+2/t13-,14-/m0/s1. The monoisotopic (exact) mass is 246 g/mol. The number of likely N-dealkylation sites (tertiary alicyclic amines) is 2. The van der Waals surface area contributed by atoms with Crippen molar-refractivity contribution in [2.45, 2.75) is 6.54 Å². The smallest absolute Gasteiger partial charge is 0.161 e. The molecule has 0 aliphatic carbocycles. The van der Waals surface area contributed by atoms with Gasteiger partial charge in [0.15, 0.2) is 5.78 Å². The number of nitrogens with one attached hydrogen (secondary N) is 2. The third kappa shape index (κ3) is 2.33. The zero-order valence-corrected chi connectivity index (χ0v) is 11.0. The van der Waals surface area contributed by atoms with Crippen molar-refractivity contribution in [2.24, 2.45) is 11.8 Å². The summed E-state index contributed by atoms with van der Waals surface area (Å²) < 4.78 is 0. The van der Waals surface area contributed by atoms with Gasteiger partial charge < -0.3 is 9.80 Å². The fraction of sp³-hybridized carbons (Fsp3) is 0.533. The average Bonchev–Trinajstić information content (AvgIpc) is 2.33. The van der Waals surface area contributed by atoms with Gasteiger partial charge in [0, 0.05) is 5.56 Å². The van der Waals surface area contributed by atoms with Crippen LogP contribution in [-0.2, 0) is 11.3 Å². The zero-order valence-electron chi connectivity index (χ0n) is 11.0. The van der Waals surface area contributed by atoms with E-state index in [4.69, 9.17) is 0 Å². The summed E-state index contributed by atoms with van der Waals surface area (Å²) in [5.74, 6) is 1.14. The highest BCUT2D eigenvalue weighted by Gasteiger charge is 2.45. The maximum atomic E-state index is 12.1. The van der Waals surface area contributed by atoms with Gasteiger partial charge in [-0.05, 0) is 0 Å². The first-order valence-corrected chi connectivity index (χ1v) is 6.95. The van der Waals surface area contributed by atoms with Gasteiger partial charge in [-0.15, -0.1) is 0 Å². The molecule has 0 amide bonds. The van der Waals surface area contributed by atoms with Crippen molar-refractivity contribution in [3.05, 3.63) is 35.9 Å². The minimum Gasteiger partial charge on any atom is -0.336 e. The highest BCUT2D eigenvalue weighted by molar-refractivity contribution is 5.84. The van der Waals surface area contributed by atoms with Crippen LogP contribution >= 0.6 is 0 Å². The Balaban J connectivity index is 1.68. The van der Waals surface area contributed by atoms with E-state index in [0.29, 0.717) is 17.6 Å². The highest BCUT2D eigenvalue weighted by atomic mass is 16.1. The molecule has 3 heteroatoms. The number of rotatable bonds is 2. The fourth-order valence-corrected chi connectivity index (χ4v) is 3.61.